The monoisotopic (exact) mass is 546 g/mol. The molecule has 7 nitrogen and oxygen atoms in total. The van der Waals surface area contributed by atoms with Crippen LogP contribution in [0.25, 0.3) is 10.6 Å². The van der Waals surface area contributed by atoms with Crippen LogP contribution in [0.15, 0.2) is 73.0 Å². The normalized spacial score (nSPS) is 15.9. The molecule has 1 saturated heterocycles. The molecule has 0 radical (unpaired) electrons. The number of amides is 1. The van der Waals surface area contributed by atoms with Crippen molar-refractivity contribution in [3.63, 3.8) is 0 Å². The largest absolute Gasteiger partial charge is 0.370 e. The summed E-state index contributed by atoms with van der Waals surface area (Å²) in [4.78, 5) is 28.2. The fourth-order valence-corrected chi connectivity index (χ4v) is 5.42. The maximum Gasteiger partial charge on any atom is 0.261 e. The summed E-state index contributed by atoms with van der Waals surface area (Å²) in [5.41, 5.74) is 4.06. The fourth-order valence-electron chi connectivity index (χ4n) is 4.54. The van der Waals surface area contributed by atoms with E-state index in [-0.39, 0.29) is 11.9 Å². The summed E-state index contributed by atoms with van der Waals surface area (Å²) < 4.78 is 0. The van der Waals surface area contributed by atoms with Crippen molar-refractivity contribution >= 4 is 34.6 Å². The van der Waals surface area contributed by atoms with Crippen LogP contribution >= 0.6 is 11.3 Å². The molecule has 2 aromatic heterocycles. The highest BCUT2D eigenvalue weighted by atomic mass is 32.1. The number of hydrogen-bond acceptors (Lipinski definition) is 7. The van der Waals surface area contributed by atoms with Crippen LogP contribution in [0.5, 0.6) is 0 Å². The molecule has 2 atom stereocenters. The number of rotatable bonds is 10. The average molecular weight is 547 g/mol. The molecule has 1 amide bonds. The highest BCUT2D eigenvalue weighted by Crippen LogP contribution is 2.29. The van der Waals surface area contributed by atoms with Gasteiger partial charge in [-0.05, 0) is 75.8 Å². The molecule has 208 valence electrons. The first-order valence-corrected chi connectivity index (χ1v) is 14.5. The molecule has 1 fully saturated rings. The van der Waals surface area contributed by atoms with Crippen molar-refractivity contribution in [1.29, 1.82) is 0 Å². The van der Waals surface area contributed by atoms with Crippen LogP contribution in [0, 0.1) is 0 Å². The van der Waals surface area contributed by atoms with E-state index in [9.17, 15) is 4.79 Å². The van der Waals surface area contributed by atoms with Crippen molar-refractivity contribution in [1.82, 2.24) is 20.2 Å². The molecule has 0 spiro atoms. The van der Waals surface area contributed by atoms with E-state index in [1.807, 2.05) is 51.1 Å². The Morgan fingerprint density at radius 3 is 2.74 bits per heavy atom. The Balaban J connectivity index is 0.00000205. The van der Waals surface area contributed by atoms with Gasteiger partial charge in [0, 0.05) is 42.7 Å². The molecule has 2 N–H and O–H groups in total. The molecule has 3 heterocycles. The predicted octanol–water partition coefficient (Wildman–Crippen LogP) is 6.76. The number of anilines is 3. The molecule has 0 bridgehead atoms. The first kappa shape index (κ1) is 30.1. The van der Waals surface area contributed by atoms with E-state index in [0.29, 0.717) is 16.9 Å². The van der Waals surface area contributed by atoms with Crippen molar-refractivity contribution in [3.8, 4) is 10.6 Å². The third kappa shape index (κ3) is 8.00. The standard InChI is InChI=1S/C29H36N6OS.C2H6/c1-6-9-21(7-2)20(3)31-28(36)27-13-12-26(37-27)25-14-16-30-29(33-25)32-22-10-8-11-23(18-22)35-17-15-24(19-35)34(4)5;1-2/h6,8-14,16,18,20,24H,1,7,15,17,19H2,2-5H3,(H,31,36)(H,30,32,33);1-2H3/b21-9+;/t20-,24?;/m1./s1. The minimum absolute atomic E-state index is 0.0546. The number of carbonyl (C=O) groups is 1. The highest BCUT2D eigenvalue weighted by molar-refractivity contribution is 7.17. The van der Waals surface area contributed by atoms with E-state index in [1.54, 1.807) is 12.3 Å². The van der Waals surface area contributed by atoms with Gasteiger partial charge in [-0.2, -0.15) is 0 Å². The van der Waals surface area contributed by atoms with Crippen LogP contribution in [0.3, 0.4) is 0 Å². The second-order valence-electron chi connectivity index (χ2n) is 9.48. The van der Waals surface area contributed by atoms with E-state index in [4.69, 9.17) is 4.98 Å². The minimum Gasteiger partial charge on any atom is -0.370 e. The second-order valence-corrected chi connectivity index (χ2v) is 10.6. The van der Waals surface area contributed by atoms with E-state index >= 15 is 0 Å². The summed E-state index contributed by atoms with van der Waals surface area (Å²) in [6.45, 7) is 13.9. The Bertz CT molecular complexity index is 1270. The molecule has 0 aliphatic carbocycles. The number of likely N-dealkylation sites (N-methyl/N-ethyl adjacent to an activating group) is 1. The molecular formula is C31H42N6OS. The van der Waals surface area contributed by atoms with Crippen LogP contribution < -0.4 is 15.5 Å². The Kier molecular flexibility index (Phi) is 11.3. The SMILES string of the molecule is C=C/C=C(\CC)[C@@H](C)NC(=O)c1ccc(-c2ccnc(Nc3cccc(N4CCC(N(C)C)C4)c3)n2)s1.CC. The number of allylic oxidation sites excluding steroid dienone is 2. The van der Waals surface area contributed by atoms with E-state index < -0.39 is 0 Å². The van der Waals surface area contributed by atoms with Gasteiger partial charge in [0.15, 0.2) is 0 Å². The third-order valence-electron chi connectivity index (χ3n) is 6.74. The highest BCUT2D eigenvalue weighted by Gasteiger charge is 2.24. The smallest absolute Gasteiger partial charge is 0.261 e. The molecular weight excluding hydrogens is 504 g/mol. The third-order valence-corrected chi connectivity index (χ3v) is 7.85. The van der Waals surface area contributed by atoms with Gasteiger partial charge in [-0.1, -0.05) is 45.6 Å². The zero-order valence-electron chi connectivity index (χ0n) is 24.1. The van der Waals surface area contributed by atoms with Gasteiger partial charge in [0.25, 0.3) is 5.91 Å². The first-order chi connectivity index (χ1) is 18.9. The fraction of sp³-hybridized carbons (Fsp3) is 0.387. The van der Waals surface area contributed by atoms with Crippen LogP contribution in [-0.2, 0) is 0 Å². The number of nitrogens with one attached hydrogen (secondary N) is 2. The van der Waals surface area contributed by atoms with Crippen LogP contribution in [0.1, 0.15) is 50.2 Å². The van der Waals surface area contributed by atoms with Gasteiger partial charge in [0.1, 0.15) is 0 Å². The van der Waals surface area contributed by atoms with E-state index in [1.165, 1.54) is 23.4 Å². The van der Waals surface area contributed by atoms with Crippen molar-refractivity contribution in [2.75, 3.05) is 37.4 Å². The molecule has 0 saturated carbocycles. The number of carbonyl (C=O) groups excluding carboxylic acids is 1. The number of thiophene rings is 1. The molecule has 1 unspecified atom stereocenters. The van der Waals surface area contributed by atoms with Crippen molar-refractivity contribution < 1.29 is 4.79 Å². The minimum atomic E-state index is -0.0881. The lowest BCUT2D eigenvalue weighted by Crippen LogP contribution is -2.33. The lowest BCUT2D eigenvalue weighted by Gasteiger charge is -2.22. The lowest BCUT2D eigenvalue weighted by molar-refractivity contribution is 0.0949. The number of hydrogen-bond donors (Lipinski definition) is 2. The maximum absolute atomic E-state index is 12.8. The number of nitrogens with zero attached hydrogens (tertiary/aromatic N) is 4. The van der Waals surface area contributed by atoms with Crippen molar-refractivity contribution in [2.24, 2.45) is 0 Å². The summed E-state index contributed by atoms with van der Waals surface area (Å²) in [6.07, 6.45) is 7.49. The van der Waals surface area contributed by atoms with Crippen LogP contribution in [0.4, 0.5) is 17.3 Å². The molecule has 1 aliphatic heterocycles. The van der Waals surface area contributed by atoms with Gasteiger partial charge in [-0.3, -0.25) is 4.79 Å². The molecule has 8 heteroatoms. The van der Waals surface area contributed by atoms with Crippen LogP contribution in [0.2, 0.25) is 0 Å². The summed E-state index contributed by atoms with van der Waals surface area (Å²) in [5, 5.41) is 6.43. The molecule has 4 rings (SSSR count). The van der Waals surface area contributed by atoms with Gasteiger partial charge in [-0.25, -0.2) is 9.97 Å². The number of aromatic nitrogens is 2. The summed E-state index contributed by atoms with van der Waals surface area (Å²) in [6, 6.07) is 14.6. The maximum atomic E-state index is 12.8. The predicted molar refractivity (Wildman–Crippen MR) is 166 cm³/mol. The Hall–Kier alpha value is -3.49. The van der Waals surface area contributed by atoms with Gasteiger partial charge in [-0.15, -0.1) is 11.3 Å². The molecule has 3 aromatic rings. The lowest BCUT2D eigenvalue weighted by atomic mass is 10.1. The van der Waals surface area contributed by atoms with Gasteiger partial charge in [0.2, 0.25) is 5.95 Å². The van der Waals surface area contributed by atoms with Gasteiger partial charge in [0.05, 0.1) is 15.4 Å². The topological polar surface area (TPSA) is 73.4 Å². The quantitative estimate of drug-likeness (QED) is 0.274. The summed E-state index contributed by atoms with van der Waals surface area (Å²) in [7, 11) is 4.29. The summed E-state index contributed by atoms with van der Waals surface area (Å²) >= 11 is 1.43. The van der Waals surface area contributed by atoms with Crippen LogP contribution in [-0.4, -0.2) is 60.0 Å². The summed E-state index contributed by atoms with van der Waals surface area (Å²) in [5.74, 6) is 0.437. The van der Waals surface area contributed by atoms with E-state index in [0.717, 1.165) is 41.3 Å². The first-order valence-electron chi connectivity index (χ1n) is 13.7. The van der Waals surface area contributed by atoms with Crippen molar-refractivity contribution in [2.45, 2.75) is 52.6 Å². The van der Waals surface area contributed by atoms with Gasteiger partial charge >= 0.3 is 0 Å². The van der Waals surface area contributed by atoms with E-state index in [2.05, 4.69) is 71.2 Å². The zero-order valence-corrected chi connectivity index (χ0v) is 24.9. The Morgan fingerprint density at radius 2 is 2.05 bits per heavy atom. The zero-order chi connectivity index (χ0) is 28.4. The molecule has 1 aliphatic rings. The Labute approximate surface area is 237 Å². The Morgan fingerprint density at radius 1 is 1.26 bits per heavy atom. The number of benzene rings is 1. The van der Waals surface area contributed by atoms with Crippen molar-refractivity contribution in [3.05, 3.63) is 77.8 Å². The second kappa shape index (κ2) is 14.6. The van der Waals surface area contributed by atoms with Gasteiger partial charge < -0.3 is 20.4 Å². The molecule has 39 heavy (non-hydrogen) atoms. The average Bonchev–Trinajstić information content (AvgIpc) is 3.64. The molecule has 1 aromatic carbocycles.